The maximum atomic E-state index is 3.87. The minimum Gasteiger partial charge on any atom is -0.0984 e. The summed E-state index contributed by atoms with van der Waals surface area (Å²) >= 11 is 0. The van der Waals surface area contributed by atoms with Crippen LogP contribution < -0.4 is 0 Å². The Labute approximate surface area is 116 Å². The molecule has 0 aromatic heterocycles. The van der Waals surface area contributed by atoms with Crippen LogP contribution in [0.1, 0.15) is 36.5 Å². The average molecular weight is 248 g/mol. The maximum absolute atomic E-state index is 3.87. The Hall–Kier alpha value is -2.08. The lowest BCUT2D eigenvalue weighted by Crippen LogP contribution is -1.89. The van der Waals surface area contributed by atoms with Gasteiger partial charge in [-0.05, 0) is 39.8 Å². The van der Waals surface area contributed by atoms with Crippen molar-refractivity contribution in [2.75, 3.05) is 0 Å². The van der Waals surface area contributed by atoms with E-state index >= 15 is 0 Å². The first-order chi connectivity index (χ1) is 9.15. The molecule has 0 saturated carbocycles. The van der Waals surface area contributed by atoms with Crippen LogP contribution >= 0.6 is 0 Å². The maximum Gasteiger partial charge on any atom is -0.0178 e. The van der Waals surface area contributed by atoms with Gasteiger partial charge in [0.15, 0.2) is 0 Å². The Morgan fingerprint density at radius 1 is 0.842 bits per heavy atom. The number of hydrogen-bond donors (Lipinski definition) is 0. The summed E-state index contributed by atoms with van der Waals surface area (Å²) in [4.78, 5) is 0. The molecule has 2 aromatic rings. The van der Waals surface area contributed by atoms with E-state index in [9.17, 15) is 0 Å². The second-order valence-electron chi connectivity index (χ2n) is 5.03. The molecule has 0 nitrogen and oxygen atoms in total. The van der Waals surface area contributed by atoms with E-state index in [4.69, 9.17) is 0 Å². The van der Waals surface area contributed by atoms with Crippen molar-refractivity contribution in [2.45, 2.75) is 19.8 Å². The molecule has 0 N–H and O–H groups in total. The minimum absolute atomic E-state index is 0.547. The third kappa shape index (κ3) is 2.85. The van der Waals surface area contributed by atoms with E-state index in [1.54, 1.807) is 0 Å². The fraction of sp³-hybridized carbons (Fsp3) is 0.158. The SMILES string of the molecule is C=Cc1ccc(-c2cccc(C(C)C)c2)cc1C=C. The molecule has 0 fully saturated rings. The van der Waals surface area contributed by atoms with E-state index in [-0.39, 0.29) is 0 Å². The molecule has 0 aliphatic carbocycles. The summed E-state index contributed by atoms with van der Waals surface area (Å²) in [6, 6.07) is 15.1. The van der Waals surface area contributed by atoms with E-state index in [0.717, 1.165) is 11.1 Å². The van der Waals surface area contributed by atoms with Crippen LogP contribution in [0.15, 0.2) is 55.6 Å². The van der Waals surface area contributed by atoms with Crippen LogP contribution in [0.4, 0.5) is 0 Å². The molecule has 2 rings (SSSR count). The van der Waals surface area contributed by atoms with Gasteiger partial charge in [-0.2, -0.15) is 0 Å². The predicted octanol–water partition coefficient (Wildman–Crippen LogP) is 5.76. The van der Waals surface area contributed by atoms with Crippen molar-refractivity contribution in [3.8, 4) is 11.1 Å². The summed E-state index contributed by atoms with van der Waals surface area (Å²) in [6.45, 7) is 12.1. The Morgan fingerprint density at radius 2 is 1.53 bits per heavy atom. The molecular formula is C19H20. The molecule has 0 bridgehead atoms. The molecule has 0 saturated heterocycles. The van der Waals surface area contributed by atoms with Crippen LogP contribution in [0.25, 0.3) is 23.3 Å². The second kappa shape index (κ2) is 5.71. The van der Waals surface area contributed by atoms with Gasteiger partial charge in [0, 0.05) is 0 Å². The second-order valence-corrected chi connectivity index (χ2v) is 5.03. The highest BCUT2D eigenvalue weighted by Crippen LogP contribution is 2.26. The van der Waals surface area contributed by atoms with Gasteiger partial charge in [0.1, 0.15) is 0 Å². The normalized spacial score (nSPS) is 10.5. The van der Waals surface area contributed by atoms with E-state index in [1.807, 2.05) is 12.2 Å². The molecule has 2 aromatic carbocycles. The predicted molar refractivity (Wildman–Crippen MR) is 86.1 cm³/mol. The molecule has 0 heteroatoms. The smallest absolute Gasteiger partial charge is 0.0178 e. The van der Waals surface area contributed by atoms with Crippen molar-refractivity contribution in [2.24, 2.45) is 0 Å². The van der Waals surface area contributed by atoms with Gasteiger partial charge in [-0.1, -0.05) is 75.6 Å². The molecule has 19 heavy (non-hydrogen) atoms. The fourth-order valence-corrected chi connectivity index (χ4v) is 2.19. The van der Waals surface area contributed by atoms with Crippen LogP contribution in [0.3, 0.4) is 0 Å². The van der Waals surface area contributed by atoms with Gasteiger partial charge in [-0.15, -0.1) is 0 Å². The Bertz CT molecular complexity index is 603. The van der Waals surface area contributed by atoms with Gasteiger partial charge in [0.25, 0.3) is 0 Å². The van der Waals surface area contributed by atoms with E-state index < -0.39 is 0 Å². The molecule has 0 heterocycles. The molecule has 0 unspecified atom stereocenters. The van der Waals surface area contributed by atoms with Gasteiger partial charge in [-0.3, -0.25) is 0 Å². The summed E-state index contributed by atoms with van der Waals surface area (Å²) in [5, 5.41) is 0. The van der Waals surface area contributed by atoms with Crippen molar-refractivity contribution in [3.63, 3.8) is 0 Å². The van der Waals surface area contributed by atoms with Crippen molar-refractivity contribution >= 4 is 12.2 Å². The van der Waals surface area contributed by atoms with Gasteiger partial charge in [0.2, 0.25) is 0 Å². The molecule has 0 aliphatic rings. The number of rotatable bonds is 4. The zero-order valence-corrected chi connectivity index (χ0v) is 11.7. The first-order valence-corrected chi connectivity index (χ1v) is 6.65. The van der Waals surface area contributed by atoms with Crippen molar-refractivity contribution in [3.05, 3.63) is 72.3 Å². The summed E-state index contributed by atoms with van der Waals surface area (Å²) in [5.74, 6) is 0.547. The standard InChI is InChI=1S/C19H20/c1-5-15-10-11-19(12-16(15)6-2)18-9-7-8-17(13-18)14(3)4/h5-14H,1-2H2,3-4H3. The van der Waals surface area contributed by atoms with E-state index in [2.05, 4.69) is 69.5 Å². The van der Waals surface area contributed by atoms with Crippen LogP contribution in [0.5, 0.6) is 0 Å². The lowest BCUT2D eigenvalue weighted by atomic mass is 9.95. The minimum atomic E-state index is 0.547. The monoisotopic (exact) mass is 248 g/mol. The van der Waals surface area contributed by atoms with Gasteiger partial charge >= 0.3 is 0 Å². The molecular weight excluding hydrogens is 228 g/mol. The first kappa shape index (κ1) is 13.4. The molecule has 0 spiro atoms. The fourth-order valence-electron chi connectivity index (χ4n) is 2.19. The molecule has 0 aliphatic heterocycles. The molecule has 0 radical (unpaired) electrons. The summed E-state index contributed by atoms with van der Waals surface area (Å²) in [7, 11) is 0. The van der Waals surface area contributed by atoms with Crippen LogP contribution in [0, 0.1) is 0 Å². The lowest BCUT2D eigenvalue weighted by Gasteiger charge is -2.10. The Balaban J connectivity index is 2.50. The van der Waals surface area contributed by atoms with E-state index in [1.165, 1.54) is 16.7 Å². The molecule has 96 valence electrons. The van der Waals surface area contributed by atoms with Crippen molar-refractivity contribution < 1.29 is 0 Å². The van der Waals surface area contributed by atoms with Crippen molar-refractivity contribution in [1.82, 2.24) is 0 Å². The molecule has 0 amide bonds. The Kier molecular flexibility index (Phi) is 4.01. The topological polar surface area (TPSA) is 0 Å². The third-order valence-electron chi connectivity index (χ3n) is 3.41. The highest BCUT2D eigenvalue weighted by Gasteiger charge is 2.04. The lowest BCUT2D eigenvalue weighted by molar-refractivity contribution is 0.867. The van der Waals surface area contributed by atoms with Crippen LogP contribution in [-0.2, 0) is 0 Å². The summed E-state index contributed by atoms with van der Waals surface area (Å²) in [6.07, 6.45) is 3.75. The van der Waals surface area contributed by atoms with Gasteiger partial charge in [-0.25, -0.2) is 0 Å². The highest BCUT2D eigenvalue weighted by atomic mass is 14.1. The van der Waals surface area contributed by atoms with Crippen LogP contribution in [-0.4, -0.2) is 0 Å². The van der Waals surface area contributed by atoms with E-state index in [0.29, 0.717) is 5.92 Å². The van der Waals surface area contributed by atoms with Gasteiger partial charge < -0.3 is 0 Å². The average Bonchev–Trinajstić information content (AvgIpc) is 2.46. The Morgan fingerprint density at radius 3 is 2.16 bits per heavy atom. The largest absolute Gasteiger partial charge is 0.0984 e. The summed E-state index contributed by atoms with van der Waals surface area (Å²) in [5.41, 5.74) is 6.10. The highest BCUT2D eigenvalue weighted by molar-refractivity contribution is 5.73. The van der Waals surface area contributed by atoms with Gasteiger partial charge in [0.05, 0.1) is 0 Å². The third-order valence-corrected chi connectivity index (χ3v) is 3.41. The number of benzene rings is 2. The number of hydrogen-bond acceptors (Lipinski definition) is 0. The quantitative estimate of drug-likeness (QED) is 0.645. The first-order valence-electron chi connectivity index (χ1n) is 6.65. The zero-order chi connectivity index (χ0) is 13.8. The van der Waals surface area contributed by atoms with Crippen molar-refractivity contribution in [1.29, 1.82) is 0 Å². The molecule has 0 atom stereocenters. The summed E-state index contributed by atoms with van der Waals surface area (Å²) < 4.78 is 0. The van der Waals surface area contributed by atoms with Crippen LogP contribution in [0.2, 0.25) is 0 Å². The zero-order valence-electron chi connectivity index (χ0n) is 11.7.